The molecular weight excluding hydrogens is 426 g/mol. The van der Waals surface area contributed by atoms with E-state index in [0.29, 0.717) is 33.0 Å². The summed E-state index contributed by atoms with van der Waals surface area (Å²) in [5.74, 6) is -0.114. The molecule has 0 bridgehead atoms. The van der Waals surface area contributed by atoms with Gasteiger partial charge in [-0.25, -0.2) is 0 Å². The summed E-state index contributed by atoms with van der Waals surface area (Å²) in [5.41, 5.74) is 4.23. The largest absolute Gasteiger partial charge is 0.476 e. The van der Waals surface area contributed by atoms with Gasteiger partial charge in [0.1, 0.15) is 5.58 Å². The Balaban J connectivity index is 1.69. The Morgan fingerprint density at radius 3 is 2.47 bits per heavy atom. The summed E-state index contributed by atoms with van der Waals surface area (Å²) in [6.45, 7) is 5.36. The summed E-state index contributed by atoms with van der Waals surface area (Å²) in [5, 5.41) is 3.72. The second kappa shape index (κ2) is 8.89. The zero-order valence-corrected chi connectivity index (χ0v) is 18.7. The van der Waals surface area contributed by atoms with E-state index in [4.69, 9.17) is 20.8 Å². The van der Waals surface area contributed by atoms with Crippen LogP contribution in [-0.2, 0) is 4.79 Å². The number of rotatable bonds is 5. The van der Waals surface area contributed by atoms with Crippen molar-refractivity contribution in [1.82, 2.24) is 0 Å². The van der Waals surface area contributed by atoms with Crippen molar-refractivity contribution in [3.63, 3.8) is 0 Å². The molecule has 6 heteroatoms. The average Bonchev–Trinajstić information content (AvgIpc) is 2.76. The van der Waals surface area contributed by atoms with Gasteiger partial charge in [-0.1, -0.05) is 53.6 Å². The minimum Gasteiger partial charge on any atom is -0.476 e. The Labute approximate surface area is 190 Å². The van der Waals surface area contributed by atoms with Gasteiger partial charge in [0, 0.05) is 16.3 Å². The Kier molecular flexibility index (Phi) is 6.01. The van der Waals surface area contributed by atoms with Crippen LogP contribution in [0.15, 0.2) is 69.9 Å². The first-order valence-corrected chi connectivity index (χ1v) is 10.5. The second-order valence-corrected chi connectivity index (χ2v) is 8.11. The third kappa shape index (κ3) is 4.39. The topological polar surface area (TPSA) is 68.5 Å². The highest BCUT2D eigenvalue weighted by Crippen LogP contribution is 2.31. The number of halogens is 1. The van der Waals surface area contributed by atoms with Crippen LogP contribution in [0.5, 0.6) is 5.75 Å². The highest BCUT2D eigenvalue weighted by atomic mass is 35.5. The van der Waals surface area contributed by atoms with E-state index in [2.05, 4.69) is 5.32 Å². The van der Waals surface area contributed by atoms with Crippen molar-refractivity contribution in [3.8, 4) is 17.1 Å². The maximum Gasteiger partial charge on any atom is 0.262 e. The molecule has 0 radical (unpaired) electrons. The molecule has 162 valence electrons. The number of nitrogens with one attached hydrogen (secondary N) is 1. The summed E-state index contributed by atoms with van der Waals surface area (Å²) < 4.78 is 11.8. The number of aryl methyl sites for hydroxylation is 2. The molecule has 1 amide bonds. The maximum atomic E-state index is 13.2. The van der Waals surface area contributed by atoms with Crippen LogP contribution in [0.4, 0.5) is 5.69 Å². The van der Waals surface area contributed by atoms with Gasteiger partial charge < -0.3 is 14.5 Å². The molecule has 0 saturated heterocycles. The lowest BCUT2D eigenvalue weighted by atomic mass is 10.1. The maximum absolute atomic E-state index is 13.2. The van der Waals surface area contributed by atoms with Crippen LogP contribution in [0.25, 0.3) is 22.3 Å². The number of ether oxygens (including phenoxy) is 1. The average molecular weight is 448 g/mol. The van der Waals surface area contributed by atoms with Crippen LogP contribution in [0, 0.1) is 20.8 Å². The van der Waals surface area contributed by atoms with Gasteiger partial charge in [0.15, 0.2) is 12.4 Å². The number of fused-ring (bicyclic) bond motifs is 1. The van der Waals surface area contributed by atoms with Crippen LogP contribution < -0.4 is 15.5 Å². The molecule has 3 aromatic carbocycles. The smallest absolute Gasteiger partial charge is 0.262 e. The second-order valence-electron chi connectivity index (χ2n) is 7.70. The molecular formula is C26H22ClNO4. The van der Waals surface area contributed by atoms with Gasteiger partial charge >= 0.3 is 0 Å². The number of hydrogen-bond acceptors (Lipinski definition) is 4. The van der Waals surface area contributed by atoms with Crippen LogP contribution in [0.1, 0.15) is 16.7 Å². The van der Waals surface area contributed by atoms with E-state index >= 15 is 0 Å². The van der Waals surface area contributed by atoms with E-state index in [1.54, 1.807) is 24.3 Å². The first-order valence-electron chi connectivity index (χ1n) is 10.2. The van der Waals surface area contributed by atoms with Crippen LogP contribution in [0.2, 0.25) is 5.02 Å². The number of carbonyl (C=O) groups is 1. The van der Waals surface area contributed by atoms with Gasteiger partial charge in [0.25, 0.3) is 5.91 Å². The van der Waals surface area contributed by atoms with Gasteiger partial charge in [-0.15, -0.1) is 0 Å². The first-order chi connectivity index (χ1) is 15.3. The molecule has 0 unspecified atom stereocenters. The molecule has 0 atom stereocenters. The summed E-state index contributed by atoms with van der Waals surface area (Å²) in [4.78, 5) is 25.8. The van der Waals surface area contributed by atoms with Crippen molar-refractivity contribution in [2.45, 2.75) is 20.8 Å². The fourth-order valence-electron chi connectivity index (χ4n) is 3.38. The number of benzene rings is 3. The summed E-state index contributed by atoms with van der Waals surface area (Å²) >= 11 is 6.12. The van der Waals surface area contributed by atoms with E-state index in [-0.39, 0.29) is 17.8 Å². The van der Waals surface area contributed by atoms with Crippen molar-refractivity contribution in [3.05, 3.63) is 92.6 Å². The van der Waals surface area contributed by atoms with Crippen LogP contribution in [0.3, 0.4) is 0 Å². The van der Waals surface area contributed by atoms with E-state index < -0.39 is 5.91 Å². The molecule has 4 aromatic rings. The molecule has 0 fully saturated rings. The Morgan fingerprint density at radius 2 is 1.72 bits per heavy atom. The number of carbonyl (C=O) groups excluding carboxylic acids is 1. The zero-order valence-electron chi connectivity index (χ0n) is 18.0. The predicted octanol–water partition coefficient (Wildman–Crippen LogP) is 6.06. The number of hydrogen-bond donors (Lipinski definition) is 1. The minimum atomic E-state index is -0.409. The van der Waals surface area contributed by atoms with Crippen molar-refractivity contribution < 1.29 is 13.9 Å². The quantitative estimate of drug-likeness (QED) is 0.404. The SMILES string of the molecule is Cc1ccc(-c2oc3cc(C)ccc3c(=O)c2OCC(=O)Nc2cccc(Cl)c2C)cc1. The normalized spacial score (nSPS) is 10.9. The molecule has 0 aliphatic rings. The van der Waals surface area contributed by atoms with Crippen LogP contribution in [-0.4, -0.2) is 12.5 Å². The monoisotopic (exact) mass is 447 g/mol. The highest BCUT2D eigenvalue weighted by Gasteiger charge is 2.19. The first kappa shape index (κ1) is 21.7. The molecule has 0 aliphatic heterocycles. The Hall–Kier alpha value is -3.57. The molecule has 1 N–H and O–H groups in total. The molecule has 1 aromatic heterocycles. The van der Waals surface area contributed by atoms with Gasteiger partial charge in [-0.05, 0) is 56.2 Å². The van der Waals surface area contributed by atoms with E-state index in [1.807, 2.05) is 57.2 Å². The standard InChI is InChI=1S/C26H22ClNO4/c1-15-7-10-18(11-8-15)25-26(24(30)19-12-9-16(2)13-22(19)32-25)31-14-23(29)28-21-6-4-5-20(27)17(21)3/h4-13H,14H2,1-3H3,(H,28,29). The minimum absolute atomic E-state index is 0.00294. The van der Waals surface area contributed by atoms with E-state index in [9.17, 15) is 9.59 Å². The highest BCUT2D eigenvalue weighted by molar-refractivity contribution is 6.31. The van der Waals surface area contributed by atoms with Crippen molar-refractivity contribution in [2.75, 3.05) is 11.9 Å². The molecule has 4 rings (SSSR count). The number of amides is 1. The predicted molar refractivity (Wildman–Crippen MR) is 128 cm³/mol. The third-order valence-corrected chi connectivity index (χ3v) is 5.62. The molecule has 0 saturated carbocycles. The van der Waals surface area contributed by atoms with Crippen molar-refractivity contribution >= 4 is 34.2 Å². The summed E-state index contributed by atoms with van der Waals surface area (Å²) in [6, 6.07) is 18.2. The number of anilines is 1. The lowest BCUT2D eigenvalue weighted by Crippen LogP contribution is -2.23. The summed E-state index contributed by atoms with van der Waals surface area (Å²) in [7, 11) is 0. The van der Waals surface area contributed by atoms with E-state index in [1.165, 1.54) is 0 Å². The zero-order chi connectivity index (χ0) is 22.8. The van der Waals surface area contributed by atoms with Crippen molar-refractivity contribution in [2.24, 2.45) is 0 Å². The fourth-order valence-corrected chi connectivity index (χ4v) is 3.55. The van der Waals surface area contributed by atoms with Gasteiger partial charge in [-0.3, -0.25) is 9.59 Å². The lowest BCUT2D eigenvalue weighted by molar-refractivity contribution is -0.118. The lowest BCUT2D eigenvalue weighted by Gasteiger charge is -2.13. The Bertz CT molecular complexity index is 1370. The van der Waals surface area contributed by atoms with E-state index in [0.717, 1.165) is 16.7 Å². The fraction of sp³-hybridized carbons (Fsp3) is 0.154. The molecule has 0 spiro atoms. The van der Waals surface area contributed by atoms with Gasteiger partial charge in [0.05, 0.1) is 5.39 Å². The molecule has 5 nitrogen and oxygen atoms in total. The van der Waals surface area contributed by atoms with Crippen molar-refractivity contribution in [1.29, 1.82) is 0 Å². The summed E-state index contributed by atoms with van der Waals surface area (Å²) in [6.07, 6.45) is 0. The van der Waals surface area contributed by atoms with Gasteiger partial charge in [0.2, 0.25) is 11.2 Å². The third-order valence-electron chi connectivity index (χ3n) is 5.21. The molecule has 0 aliphatic carbocycles. The molecule has 32 heavy (non-hydrogen) atoms. The molecule has 1 heterocycles. The van der Waals surface area contributed by atoms with Gasteiger partial charge in [-0.2, -0.15) is 0 Å². The van der Waals surface area contributed by atoms with Crippen LogP contribution >= 0.6 is 11.6 Å². The Morgan fingerprint density at radius 1 is 1.00 bits per heavy atom.